The molecule has 1 heterocycles. The number of rotatable bonds is 8. The Hall–Kier alpha value is -2.47. The third kappa shape index (κ3) is 5.57. The molecule has 162 valence electrons. The van der Waals surface area contributed by atoms with E-state index in [0.29, 0.717) is 24.4 Å². The topological polar surface area (TPSA) is 136 Å². The summed E-state index contributed by atoms with van der Waals surface area (Å²) in [6.07, 6.45) is 1.73. The first-order chi connectivity index (χ1) is 14.2. The van der Waals surface area contributed by atoms with Gasteiger partial charge in [-0.3, -0.25) is 4.79 Å². The van der Waals surface area contributed by atoms with Crippen LogP contribution in [-0.2, 0) is 31.4 Å². The van der Waals surface area contributed by atoms with Crippen LogP contribution in [0.25, 0.3) is 0 Å². The number of benzene rings is 2. The predicted molar refractivity (Wildman–Crippen MR) is 110 cm³/mol. The summed E-state index contributed by atoms with van der Waals surface area (Å²) < 4.78 is 54.3. The molecule has 1 aliphatic rings. The zero-order valence-electron chi connectivity index (χ0n) is 16.2. The zero-order valence-corrected chi connectivity index (χ0v) is 17.8. The van der Waals surface area contributed by atoms with Crippen LogP contribution in [0, 0.1) is 0 Å². The van der Waals surface area contributed by atoms with Crippen molar-refractivity contribution in [2.24, 2.45) is 5.14 Å². The SMILES string of the molecule is NS(=O)(=O)c1ccc(CNC(=O)COc2ccc(S(=O)(=O)N3CCCC3)cc2)cc1. The third-order valence-electron chi connectivity index (χ3n) is 4.64. The molecule has 1 saturated heterocycles. The molecule has 1 amide bonds. The van der Waals surface area contributed by atoms with Crippen molar-refractivity contribution in [1.29, 1.82) is 0 Å². The second-order valence-corrected chi connectivity index (χ2v) is 10.3. The molecule has 3 rings (SSSR count). The van der Waals surface area contributed by atoms with Crippen molar-refractivity contribution in [2.45, 2.75) is 29.2 Å². The first-order valence-electron chi connectivity index (χ1n) is 9.28. The zero-order chi connectivity index (χ0) is 21.8. The van der Waals surface area contributed by atoms with E-state index in [0.717, 1.165) is 12.8 Å². The maximum Gasteiger partial charge on any atom is 0.258 e. The molecule has 0 aromatic heterocycles. The van der Waals surface area contributed by atoms with E-state index in [1.807, 2.05) is 0 Å². The van der Waals surface area contributed by atoms with Gasteiger partial charge in [-0.2, -0.15) is 4.31 Å². The summed E-state index contributed by atoms with van der Waals surface area (Å²) in [5.74, 6) is 0.00214. The van der Waals surface area contributed by atoms with Crippen molar-refractivity contribution in [2.75, 3.05) is 19.7 Å². The van der Waals surface area contributed by atoms with Crippen LogP contribution < -0.4 is 15.2 Å². The summed E-state index contributed by atoms with van der Waals surface area (Å²) in [4.78, 5) is 12.2. The molecule has 0 aliphatic carbocycles. The van der Waals surface area contributed by atoms with E-state index in [-0.39, 0.29) is 28.8 Å². The number of hydrogen-bond acceptors (Lipinski definition) is 6. The second-order valence-electron chi connectivity index (χ2n) is 6.84. The summed E-state index contributed by atoms with van der Waals surface area (Å²) in [5, 5.41) is 7.69. The molecule has 30 heavy (non-hydrogen) atoms. The molecule has 0 radical (unpaired) electrons. The fourth-order valence-electron chi connectivity index (χ4n) is 2.98. The highest BCUT2D eigenvalue weighted by molar-refractivity contribution is 7.89. The molecule has 1 fully saturated rings. The highest BCUT2D eigenvalue weighted by Crippen LogP contribution is 2.22. The summed E-state index contributed by atoms with van der Waals surface area (Å²) in [6, 6.07) is 11.8. The van der Waals surface area contributed by atoms with Gasteiger partial charge in [0, 0.05) is 19.6 Å². The minimum Gasteiger partial charge on any atom is -0.484 e. The number of hydrogen-bond donors (Lipinski definition) is 2. The van der Waals surface area contributed by atoms with Crippen LogP contribution in [0.5, 0.6) is 5.75 Å². The van der Waals surface area contributed by atoms with Gasteiger partial charge < -0.3 is 10.1 Å². The lowest BCUT2D eigenvalue weighted by atomic mass is 10.2. The van der Waals surface area contributed by atoms with E-state index >= 15 is 0 Å². The second kappa shape index (κ2) is 9.13. The van der Waals surface area contributed by atoms with Crippen LogP contribution in [0.4, 0.5) is 0 Å². The Morgan fingerprint density at radius 2 is 1.50 bits per heavy atom. The molecule has 2 aromatic rings. The molecular weight excluding hydrogens is 430 g/mol. The largest absolute Gasteiger partial charge is 0.484 e. The summed E-state index contributed by atoms with van der Waals surface area (Å²) >= 11 is 0. The Balaban J connectivity index is 1.49. The minimum absolute atomic E-state index is 0.00361. The first-order valence-corrected chi connectivity index (χ1v) is 12.3. The van der Waals surface area contributed by atoms with Gasteiger partial charge in [-0.05, 0) is 54.8 Å². The third-order valence-corrected chi connectivity index (χ3v) is 7.48. The van der Waals surface area contributed by atoms with Gasteiger partial charge in [0.05, 0.1) is 9.79 Å². The molecule has 3 N–H and O–H groups in total. The molecule has 0 unspecified atom stereocenters. The lowest BCUT2D eigenvalue weighted by Crippen LogP contribution is -2.28. The van der Waals surface area contributed by atoms with Gasteiger partial charge in [-0.15, -0.1) is 0 Å². The summed E-state index contributed by atoms with van der Waals surface area (Å²) in [7, 11) is -7.24. The Labute approximate surface area is 175 Å². The summed E-state index contributed by atoms with van der Waals surface area (Å²) in [5.41, 5.74) is 0.701. The van der Waals surface area contributed by atoms with Crippen molar-refractivity contribution in [1.82, 2.24) is 9.62 Å². The van der Waals surface area contributed by atoms with Crippen molar-refractivity contribution in [3.63, 3.8) is 0 Å². The molecule has 0 saturated carbocycles. The van der Waals surface area contributed by atoms with Crippen LogP contribution in [0.15, 0.2) is 58.3 Å². The molecule has 11 heteroatoms. The van der Waals surface area contributed by atoms with Gasteiger partial charge in [-0.1, -0.05) is 12.1 Å². The van der Waals surface area contributed by atoms with Gasteiger partial charge in [0.15, 0.2) is 6.61 Å². The number of amides is 1. The van der Waals surface area contributed by atoms with Crippen molar-refractivity contribution >= 4 is 26.0 Å². The van der Waals surface area contributed by atoms with E-state index in [1.165, 1.54) is 40.7 Å². The maximum atomic E-state index is 12.5. The maximum absolute atomic E-state index is 12.5. The number of primary sulfonamides is 1. The number of ether oxygens (including phenoxy) is 1. The Kier molecular flexibility index (Phi) is 6.76. The highest BCUT2D eigenvalue weighted by Gasteiger charge is 2.26. The molecule has 0 spiro atoms. The number of carbonyl (C=O) groups excluding carboxylic acids is 1. The van der Waals surface area contributed by atoms with Crippen molar-refractivity contribution in [3.05, 3.63) is 54.1 Å². The number of sulfonamides is 2. The fraction of sp³-hybridized carbons (Fsp3) is 0.316. The molecule has 1 aliphatic heterocycles. The fourth-order valence-corrected chi connectivity index (χ4v) is 5.02. The van der Waals surface area contributed by atoms with Crippen LogP contribution in [0.2, 0.25) is 0 Å². The normalized spacial score (nSPS) is 15.1. The van der Waals surface area contributed by atoms with Gasteiger partial charge >= 0.3 is 0 Å². The van der Waals surface area contributed by atoms with Gasteiger partial charge in [0.2, 0.25) is 20.0 Å². The van der Waals surface area contributed by atoms with E-state index in [9.17, 15) is 21.6 Å². The van der Waals surface area contributed by atoms with Crippen molar-refractivity contribution in [3.8, 4) is 5.75 Å². The van der Waals surface area contributed by atoms with Crippen molar-refractivity contribution < 1.29 is 26.4 Å². The molecule has 0 bridgehead atoms. The summed E-state index contributed by atoms with van der Waals surface area (Å²) in [6.45, 7) is 1.02. The lowest BCUT2D eigenvalue weighted by Gasteiger charge is -2.15. The van der Waals surface area contributed by atoms with E-state index in [2.05, 4.69) is 5.32 Å². The smallest absolute Gasteiger partial charge is 0.258 e. The number of nitrogens with two attached hydrogens (primary N) is 1. The Morgan fingerprint density at radius 3 is 2.07 bits per heavy atom. The quantitative estimate of drug-likeness (QED) is 0.607. The average molecular weight is 454 g/mol. The Morgan fingerprint density at radius 1 is 0.933 bits per heavy atom. The van der Waals surface area contributed by atoms with E-state index in [4.69, 9.17) is 9.88 Å². The molecule has 2 aromatic carbocycles. The Bertz CT molecular complexity index is 1090. The van der Waals surface area contributed by atoms with Gasteiger partial charge in [-0.25, -0.2) is 22.0 Å². The van der Waals surface area contributed by atoms with Crippen LogP contribution in [-0.4, -0.2) is 46.7 Å². The minimum atomic E-state index is -3.76. The number of nitrogens with zero attached hydrogens (tertiary/aromatic N) is 1. The lowest BCUT2D eigenvalue weighted by molar-refractivity contribution is -0.123. The number of nitrogens with one attached hydrogen (secondary N) is 1. The number of carbonyl (C=O) groups is 1. The average Bonchev–Trinajstić information content (AvgIpc) is 3.26. The van der Waals surface area contributed by atoms with Crippen LogP contribution >= 0.6 is 0 Å². The van der Waals surface area contributed by atoms with Crippen LogP contribution in [0.1, 0.15) is 18.4 Å². The van der Waals surface area contributed by atoms with Crippen LogP contribution in [0.3, 0.4) is 0 Å². The van der Waals surface area contributed by atoms with Gasteiger partial charge in [0.25, 0.3) is 5.91 Å². The van der Waals surface area contributed by atoms with E-state index in [1.54, 1.807) is 12.1 Å². The first kappa shape index (κ1) is 22.2. The predicted octanol–water partition coefficient (Wildman–Crippen LogP) is 0.814. The molecule has 0 atom stereocenters. The van der Waals surface area contributed by atoms with Gasteiger partial charge in [0.1, 0.15) is 5.75 Å². The highest BCUT2D eigenvalue weighted by atomic mass is 32.2. The molecular formula is C19H23N3O6S2. The standard InChI is InChI=1S/C19H23N3O6S2/c20-29(24,25)17-7-3-15(4-8-17)13-21-19(23)14-28-16-5-9-18(10-6-16)30(26,27)22-11-1-2-12-22/h3-10H,1-2,11-14H2,(H,21,23)(H2,20,24,25). The van der Waals surface area contributed by atoms with E-state index < -0.39 is 20.0 Å². The molecule has 9 nitrogen and oxygen atoms in total. The monoisotopic (exact) mass is 453 g/mol.